The van der Waals surface area contributed by atoms with E-state index in [-0.39, 0.29) is 11.9 Å². The van der Waals surface area contributed by atoms with E-state index < -0.39 is 0 Å². The maximum Gasteiger partial charge on any atom is 0.128 e. The van der Waals surface area contributed by atoms with Gasteiger partial charge in [-0.1, -0.05) is 18.2 Å². The number of halogens is 1. The highest BCUT2D eigenvalue weighted by Gasteiger charge is 2.22. The molecule has 0 spiro atoms. The Balaban J connectivity index is 2.02. The topological polar surface area (TPSA) is 32.5 Å². The van der Waals surface area contributed by atoms with Gasteiger partial charge in [-0.3, -0.25) is 4.90 Å². The molecule has 4 heteroatoms. The van der Waals surface area contributed by atoms with Crippen molar-refractivity contribution in [1.82, 2.24) is 9.80 Å². The first kappa shape index (κ1) is 14.4. The minimum atomic E-state index is -0.257. The van der Waals surface area contributed by atoms with Crippen LogP contribution in [0.1, 0.15) is 24.9 Å². The quantitative estimate of drug-likeness (QED) is 0.905. The van der Waals surface area contributed by atoms with Crippen LogP contribution in [0.5, 0.6) is 0 Å². The van der Waals surface area contributed by atoms with Gasteiger partial charge in [0.25, 0.3) is 0 Å². The Bertz CT molecular complexity index is 410. The molecule has 1 saturated heterocycles. The zero-order chi connectivity index (χ0) is 13.8. The van der Waals surface area contributed by atoms with Crippen molar-refractivity contribution < 1.29 is 4.39 Å². The first-order valence-corrected chi connectivity index (χ1v) is 7.00. The maximum absolute atomic E-state index is 13.7. The van der Waals surface area contributed by atoms with Crippen LogP contribution in [-0.2, 0) is 0 Å². The molecule has 0 saturated carbocycles. The predicted octanol–water partition coefficient (Wildman–Crippen LogP) is 1.85. The number of hydrogen-bond donors (Lipinski definition) is 1. The first-order chi connectivity index (χ1) is 9.08. The van der Waals surface area contributed by atoms with Crippen molar-refractivity contribution in [2.24, 2.45) is 5.73 Å². The molecule has 0 bridgehead atoms. The Hall–Kier alpha value is -0.970. The lowest BCUT2D eigenvalue weighted by molar-refractivity contribution is 0.191. The predicted molar refractivity (Wildman–Crippen MR) is 76.5 cm³/mol. The molecule has 106 valence electrons. The third-order valence-corrected chi connectivity index (χ3v) is 3.92. The molecule has 2 N–H and O–H groups in total. The van der Waals surface area contributed by atoms with Crippen LogP contribution in [0.15, 0.2) is 24.3 Å². The normalized spacial score (nSPS) is 24.1. The fourth-order valence-electron chi connectivity index (χ4n) is 2.82. The Morgan fingerprint density at radius 2 is 2.11 bits per heavy atom. The summed E-state index contributed by atoms with van der Waals surface area (Å²) >= 11 is 0. The van der Waals surface area contributed by atoms with E-state index in [4.69, 9.17) is 5.73 Å². The van der Waals surface area contributed by atoms with Crippen molar-refractivity contribution in [3.05, 3.63) is 35.6 Å². The molecular weight excluding hydrogens is 241 g/mol. The lowest BCUT2D eigenvalue weighted by Crippen LogP contribution is -2.41. The molecule has 0 aliphatic carbocycles. The molecular formula is C15H24FN3. The molecule has 1 heterocycles. The molecule has 0 amide bonds. The van der Waals surface area contributed by atoms with Crippen LogP contribution in [-0.4, -0.2) is 49.1 Å². The monoisotopic (exact) mass is 265 g/mol. The SMILES string of the molecule is CC1CN(C)CCCN1CC(N)c1ccccc1F. The van der Waals surface area contributed by atoms with Gasteiger partial charge < -0.3 is 10.6 Å². The molecule has 1 aliphatic rings. The highest BCUT2D eigenvalue weighted by atomic mass is 19.1. The summed E-state index contributed by atoms with van der Waals surface area (Å²) < 4.78 is 13.7. The highest BCUT2D eigenvalue weighted by Crippen LogP contribution is 2.18. The second-order valence-corrected chi connectivity index (χ2v) is 5.59. The number of nitrogens with two attached hydrogens (primary N) is 1. The Morgan fingerprint density at radius 1 is 1.37 bits per heavy atom. The summed E-state index contributed by atoms with van der Waals surface area (Å²) in [5.41, 5.74) is 6.80. The smallest absolute Gasteiger partial charge is 0.128 e. The second kappa shape index (κ2) is 6.46. The van der Waals surface area contributed by atoms with E-state index in [2.05, 4.69) is 23.8 Å². The highest BCUT2D eigenvalue weighted by molar-refractivity contribution is 5.21. The van der Waals surface area contributed by atoms with Crippen molar-refractivity contribution in [1.29, 1.82) is 0 Å². The number of nitrogens with zero attached hydrogens (tertiary/aromatic N) is 2. The van der Waals surface area contributed by atoms with Gasteiger partial charge in [-0.15, -0.1) is 0 Å². The minimum Gasteiger partial charge on any atom is -0.323 e. The zero-order valence-electron chi connectivity index (χ0n) is 11.8. The van der Waals surface area contributed by atoms with Crippen LogP contribution in [0.4, 0.5) is 4.39 Å². The van der Waals surface area contributed by atoms with Crippen molar-refractivity contribution in [3.63, 3.8) is 0 Å². The summed E-state index contributed by atoms with van der Waals surface area (Å²) in [6, 6.07) is 7.02. The fourth-order valence-corrected chi connectivity index (χ4v) is 2.82. The molecule has 0 radical (unpaired) electrons. The number of likely N-dealkylation sites (N-methyl/N-ethyl adjacent to an activating group) is 1. The summed E-state index contributed by atoms with van der Waals surface area (Å²) in [4.78, 5) is 4.72. The van der Waals surface area contributed by atoms with Crippen LogP contribution in [0, 0.1) is 5.82 Å². The van der Waals surface area contributed by atoms with E-state index in [9.17, 15) is 4.39 Å². The van der Waals surface area contributed by atoms with Crippen molar-refractivity contribution in [2.75, 3.05) is 33.2 Å². The largest absolute Gasteiger partial charge is 0.323 e. The van der Waals surface area contributed by atoms with Gasteiger partial charge in [0.05, 0.1) is 0 Å². The van der Waals surface area contributed by atoms with Gasteiger partial charge in [-0.05, 0) is 39.5 Å². The van der Waals surface area contributed by atoms with Crippen molar-refractivity contribution in [3.8, 4) is 0 Å². The average molecular weight is 265 g/mol. The van der Waals surface area contributed by atoms with Gasteiger partial charge in [0.15, 0.2) is 0 Å². The number of rotatable bonds is 3. The van der Waals surface area contributed by atoms with Gasteiger partial charge in [-0.25, -0.2) is 4.39 Å². The van der Waals surface area contributed by atoms with E-state index in [0.717, 1.165) is 32.6 Å². The summed E-state index contributed by atoms with van der Waals surface area (Å²) in [7, 11) is 2.15. The van der Waals surface area contributed by atoms with E-state index in [0.29, 0.717) is 11.6 Å². The molecule has 1 aromatic rings. The lowest BCUT2D eigenvalue weighted by atomic mass is 10.1. The molecule has 1 aromatic carbocycles. The Morgan fingerprint density at radius 3 is 2.84 bits per heavy atom. The second-order valence-electron chi connectivity index (χ2n) is 5.59. The summed E-state index contributed by atoms with van der Waals surface area (Å²) in [6.45, 7) is 6.14. The Kier molecular flexibility index (Phi) is 4.91. The van der Waals surface area contributed by atoms with Crippen LogP contribution in [0.2, 0.25) is 0 Å². The molecule has 1 fully saturated rings. The molecule has 2 atom stereocenters. The molecule has 2 rings (SSSR count). The third kappa shape index (κ3) is 3.75. The van der Waals surface area contributed by atoms with Crippen molar-refractivity contribution >= 4 is 0 Å². The summed E-state index contributed by atoms with van der Waals surface area (Å²) in [5.74, 6) is -0.199. The van der Waals surface area contributed by atoms with Gasteiger partial charge in [-0.2, -0.15) is 0 Å². The summed E-state index contributed by atoms with van der Waals surface area (Å²) in [6.07, 6.45) is 1.14. The van der Waals surface area contributed by atoms with E-state index in [1.54, 1.807) is 12.1 Å². The average Bonchev–Trinajstić information content (AvgIpc) is 2.52. The maximum atomic E-state index is 13.7. The molecule has 0 aromatic heterocycles. The number of hydrogen-bond acceptors (Lipinski definition) is 3. The molecule has 3 nitrogen and oxygen atoms in total. The van der Waals surface area contributed by atoms with Gasteiger partial charge in [0, 0.05) is 30.7 Å². The van der Waals surface area contributed by atoms with E-state index >= 15 is 0 Å². The Labute approximate surface area is 115 Å². The van der Waals surface area contributed by atoms with Crippen LogP contribution in [0.3, 0.4) is 0 Å². The fraction of sp³-hybridized carbons (Fsp3) is 0.600. The zero-order valence-corrected chi connectivity index (χ0v) is 11.8. The van der Waals surface area contributed by atoms with Gasteiger partial charge in [0.2, 0.25) is 0 Å². The minimum absolute atomic E-state index is 0.199. The number of benzene rings is 1. The van der Waals surface area contributed by atoms with Gasteiger partial charge in [0.1, 0.15) is 5.82 Å². The molecule has 2 unspecified atom stereocenters. The van der Waals surface area contributed by atoms with Crippen LogP contribution in [0.25, 0.3) is 0 Å². The first-order valence-electron chi connectivity index (χ1n) is 7.00. The van der Waals surface area contributed by atoms with Gasteiger partial charge >= 0.3 is 0 Å². The third-order valence-electron chi connectivity index (χ3n) is 3.92. The molecule has 19 heavy (non-hydrogen) atoms. The van der Waals surface area contributed by atoms with E-state index in [1.807, 2.05) is 6.07 Å². The van der Waals surface area contributed by atoms with Crippen LogP contribution < -0.4 is 5.73 Å². The molecule has 1 aliphatic heterocycles. The van der Waals surface area contributed by atoms with Crippen LogP contribution >= 0.6 is 0 Å². The standard InChI is InChI=1S/C15H24FN3/c1-12-10-18(2)8-5-9-19(12)11-15(17)13-6-3-4-7-14(13)16/h3-4,6-7,12,15H,5,8-11,17H2,1-2H3. The van der Waals surface area contributed by atoms with E-state index in [1.165, 1.54) is 6.07 Å². The van der Waals surface area contributed by atoms with Crippen molar-refractivity contribution in [2.45, 2.75) is 25.4 Å². The lowest BCUT2D eigenvalue weighted by Gasteiger charge is -2.30. The summed E-state index contributed by atoms with van der Waals surface area (Å²) in [5, 5.41) is 0.